The lowest BCUT2D eigenvalue weighted by molar-refractivity contribution is -0.116. The Balaban J connectivity index is 2.29. The molecule has 0 spiro atoms. The van der Waals surface area contributed by atoms with Gasteiger partial charge in [-0.15, -0.1) is 0 Å². The number of ether oxygens (including phenoxy) is 1. The molecule has 0 saturated heterocycles. The molecule has 0 radical (unpaired) electrons. The lowest BCUT2D eigenvalue weighted by atomic mass is 9.97. The first-order valence-electron chi connectivity index (χ1n) is 3.76. The van der Waals surface area contributed by atoms with Crippen molar-refractivity contribution >= 4 is 5.78 Å². The minimum atomic E-state index is 0.217. The van der Waals surface area contributed by atoms with E-state index in [1.54, 1.807) is 0 Å². The standard InChI is InChI=1S/C8H10O2/c9-7-5-10-8-4-2-1-3-6(7)8/h1-5H2. The second kappa shape index (κ2) is 2.11. The monoisotopic (exact) mass is 138 g/mol. The van der Waals surface area contributed by atoms with E-state index in [-0.39, 0.29) is 5.78 Å². The average Bonchev–Trinajstić information content (AvgIpc) is 2.34. The lowest BCUT2D eigenvalue weighted by Gasteiger charge is -2.09. The first-order chi connectivity index (χ1) is 4.88. The van der Waals surface area contributed by atoms with Crippen LogP contribution in [0.4, 0.5) is 0 Å². The summed E-state index contributed by atoms with van der Waals surface area (Å²) >= 11 is 0. The number of hydrogen-bond donors (Lipinski definition) is 0. The molecule has 0 N–H and O–H groups in total. The van der Waals surface area contributed by atoms with Crippen molar-refractivity contribution < 1.29 is 9.53 Å². The summed E-state index contributed by atoms with van der Waals surface area (Å²) in [6.07, 6.45) is 4.29. The van der Waals surface area contributed by atoms with Gasteiger partial charge in [-0.1, -0.05) is 0 Å². The third kappa shape index (κ3) is 0.753. The van der Waals surface area contributed by atoms with Gasteiger partial charge in [-0.2, -0.15) is 0 Å². The number of carbonyl (C=O) groups is 1. The van der Waals surface area contributed by atoms with Crippen LogP contribution in [0.3, 0.4) is 0 Å². The molecule has 1 heterocycles. The average molecular weight is 138 g/mol. The van der Waals surface area contributed by atoms with Crippen molar-refractivity contribution in [3.8, 4) is 0 Å². The van der Waals surface area contributed by atoms with Gasteiger partial charge in [0.2, 0.25) is 0 Å². The van der Waals surface area contributed by atoms with Crippen molar-refractivity contribution in [3.63, 3.8) is 0 Å². The van der Waals surface area contributed by atoms with Crippen molar-refractivity contribution in [3.05, 3.63) is 11.3 Å². The molecule has 1 aliphatic carbocycles. The predicted molar refractivity (Wildman–Crippen MR) is 36.5 cm³/mol. The molecule has 0 aromatic heterocycles. The first-order valence-corrected chi connectivity index (χ1v) is 3.76. The molecule has 54 valence electrons. The van der Waals surface area contributed by atoms with Crippen molar-refractivity contribution in [2.24, 2.45) is 0 Å². The first kappa shape index (κ1) is 5.96. The molecule has 0 fully saturated rings. The summed E-state index contributed by atoms with van der Waals surface area (Å²) in [5.41, 5.74) is 0.978. The normalized spacial score (nSPS) is 24.6. The highest BCUT2D eigenvalue weighted by atomic mass is 16.5. The van der Waals surface area contributed by atoms with Crippen LogP contribution in [0.5, 0.6) is 0 Å². The van der Waals surface area contributed by atoms with Crippen molar-refractivity contribution in [1.82, 2.24) is 0 Å². The Kier molecular flexibility index (Phi) is 1.26. The summed E-state index contributed by atoms with van der Waals surface area (Å²) in [7, 11) is 0. The second-order valence-corrected chi connectivity index (χ2v) is 2.82. The largest absolute Gasteiger partial charge is 0.489 e. The summed E-state index contributed by atoms with van der Waals surface area (Å²) < 4.78 is 5.20. The van der Waals surface area contributed by atoms with Gasteiger partial charge in [0, 0.05) is 12.0 Å². The van der Waals surface area contributed by atoms with Crippen LogP contribution in [0.15, 0.2) is 11.3 Å². The number of Topliss-reactive ketones (excluding diaryl/α,β-unsaturated/α-hetero) is 1. The minimum Gasteiger partial charge on any atom is -0.489 e. The van der Waals surface area contributed by atoms with Crippen LogP contribution >= 0.6 is 0 Å². The Bertz CT molecular complexity index is 203. The van der Waals surface area contributed by atoms with Crippen molar-refractivity contribution in [2.45, 2.75) is 25.7 Å². The molecule has 10 heavy (non-hydrogen) atoms. The van der Waals surface area contributed by atoms with Gasteiger partial charge in [0.05, 0.1) is 0 Å². The van der Waals surface area contributed by atoms with E-state index in [0.29, 0.717) is 6.61 Å². The van der Waals surface area contributed by atoms with E-state index in [9.17, 15) is 4.79 Å². The zero-order valence-electron chi connectivity index (χ0n) is 5.85. The fourth-order valence-corrected chi connectivity index (χ4v) is 1.57. The quantitative estimate of drug-likeness (QED) is 0.506. The maximum absolute atomic E-state index is 11.0. The van der Waals surface area contributed by atoms with Crippen LogP contribution in [0, 0.1) is 0 Å². The van der Waals surface area contributed by atoms with Gasteiger partial charge < -0.3 is 4.74 Å². The van der Waals surface area contributed by atoms with E-state index >= 15 is 0 Å². The summed E-state index contributed by atoms with van der Waals surface area (Å²) in [6, 6.07) is 0. The molecule has 0 aromatic carbocycles. The summed E-state index contributed by atoms with van der Waals surface area (Å²) in [6.45, 7) is 0.310. The highest BCUT2D eigenvalue weighted by molar-refractivity contribution is 5.98. The molecule has 2 rings (SSSR count). The van der Waals surface area contributed by atoms with Gasteiger partial charge in [0.15, 0.2) is 12.4 Å². The van der Waals surface area contributed by atoms with Gasteiger partial charge in [-0.05, 0) is 19.3 Å². The highest BCUT2D eigenvalue weighted by Gasteiger charge is 2.26. The molecular formula is C8H10O2. The van der Waals surface area contributed by atoms with E-state index in [2.05, 4.69) is 0 Å². The summed E-state index contributed by atoms with van der Waals surface area (Å²) in [4.78, 5) is 11.0. The van der Waals surface area contributed by atoms with E-state index in [0.717, 1.165) is 30.6 Å². The number of allylic oxidation sites excluding steroid dienone is 1. The van der Waals surface area contributed by atoms with Crippen LogP contribution in [0.1, 0.15) is 25.7 Å². The fourth-order valence-electron chi connectivity index (χ4n) is 1.57. The van der Waals surface area contributed by atoms with Crippen LogP contribution in [-0.2, 0) is 9.53 Å². The number of ketones is 1. The molecule has 1 aliphatic heterocycles. The van der Waals surface area contributed by atoms with Crippen LogP contribution < -0.4 is 0 Å². The Morgan fingerprint density at radius 3 is 2.80 bits per heavy atom. The third-order valence-electron chi connectivity index (χ3n) is 2.13. The lowest BCUT2D eigenvalue weighted by Crippen LogP contribution is -2.02. The number of carbonyl (C=O) groups excluding carboxylic acids is 1. The van der Waals surface area contributed by atoms with Crippen molar-refractivity contribution in [1.29, 1.82) is 0 Å². The molecule has 0 atom stereocenters. The topological polar surface area (TPSA) is 26.3 Å². The molecular weight excluding hydrogens is 128 g/mol. The summed E-state index contributed by atoms with van der Waals surface area (Å²) in [5.74, 6) is 1.20. The molecule has 0 aromatic rings. The van der Waals surface area contributed by atoms with E-state index in [1.165, 1.54) is 6.42 Å². The molecule has 2 aliphatic rings. The Hall–Kier alpha value is -0.790. The van der Waals surface area contributed by atoms with E-state index < -0.39 is 0 Å². The maximum Gasteiger partial charge on any atom is 0.199 e. The maximum atomic E-state index is 11.0. The van der Waals surface area contributed by atoms with Gasteiger partial charge >= 0.3 is 0 Å². The zero-order chi connectivity index (χ0) is 6.97. The van der Waals surface area contributed by atoms with E-state index in [1.807, 2.05) is 0 Å². The zero-order valence-corrected chi connectivity index (χ0v) is 5.85. The molecule has 0 amide bonds. The minimum absolute atomic E-state index is 0.217. The van der Waals surface area contributed by atoms with Crippen LogP contribution in [0.25, 0.3) is 0 Å². The summed E-state index contributed by atoms with van der Waals surface area (Å²) in [5, 5.41) is 0. The fraction of sp³-hybridized carbons (Fsp3) is 0.625. The van der Waals surface area contributed by atoms with Crippen molar-refractivity contribution in [2.75, 3.05) is 6.61 Å². The van der Waals surface area contributed by atoms with Gasteiger partial charge in [-0.25, -0.2) is 0 Å². The molecule has 0 bridgehead atoms. The number of hydrogen-bond acceptors (Lipinski definition) is 2. The van der Waals surface area contributed by atoms with Gasteiger partial charge in [-0.3, -0.25) is 4.79 Å². The number of rotatable bonds is 0. The Morgan fingerprint density at radius 1 is 1.20 bits per heavy atom. The Labute approximate surface area is 59.9 Å². The smallest absolute Gasteiger partial charge is 0.199 e. The molecule has 0 saturated carbocycles. The van der Waals surface area contributed by atoms with E-state index in [4.69, 9.17) is 4.74 Å². The molecule has 0 unspecified atom stereocenters. The molecule has 2 nitrogen and oxygen atoms in total. The second-order valence-electron chi connectivity index (χ2n) is 2.82. The molecule has 2 heteroatoms. The van der Waals surface area contributed by atoms with Crippen LogP contribution in [0.2, 0.25) is 0 Å². The van der Waals surface area contributed by atoms with Crippen LogP contribution in [-0.4, -0.2) is 12.4 Å². The van der Waals surface area contributed by atoms with Gasteiger partial charge in [0.25, 0.3) is 0 Å². The highest BCUT2D eigenvalue weighted by Crippen LogP contribution is 2.30. The Morgan fingerprint density at radius 2 is 2.00 bits per heavy atom. The predicted octanol–water partition coefficient (Wildman–Crippen LogP) is 1.41. The van der Waals surface area contributed by atoms with Gasteiger partial charge in [0.1, 0.15) is 5.76 Å². The SMILES string of the molecule is O=C1COC2=C1CCCC2. The third-order valence-corrected chi connectivity index (χ3v) is 2.13.